The fourth-order valence-electron chi connectivity index (χ4n) is 1.33. The Morgan fingerprint density at radius 1 is 1.40 bits per heavy atom. The molecule has 4 heteroatoms. The summed E-state index contributed by atoms with van der Waals surface area (Å²) in [7, 11) is 0. The molecule has 15 heavy (non-hydrogen) atoms. The van der Waals surface area contributed by atoms with Crippen LogP contribution < -0.4 is 5.32 Å². The molecule has 2 aromatic rings. The summed E-state index contributed by atoms with van der Waals surface area (Å²) in [5.74, 6) is 0. The molecule has 1 nitrogen and oxygen atoms in total. The van der Waals surface area contributed by atoms with Crippen LogP contribution in [0.2, 0.25) is 4.34 Å². The Morgan fingerprint density at radius 2 is 2.27 bits per heavy atom. The van der Waals surface area contributed by atoms with Gasteiger partial charge in [-0.2, -0.15) is 0 Å². The number of thiophene rings is 2. The molecule has 1 unspecified atom stereocenters. The molecule has 2 heterocycles. The van der Waals surface area contributed by atoms with Gasteiger partial charge in [-0.1, -0.05) is 17.7 Å². The Labute approximate surface area is 103 Å². The lowest BCUT2D eigenvalue weighted by molar-refractivity contribution is 0.587. The van der Waals surface area contributed by atoms with Crippen LogP contribution in [0.25, 0.3) is 0 Å². The molecule has 0 spiro atoms. The molecule has 0 saturated heterocycles. The Morgan fingerprint density at radius 3 is 2.87 bits per heavy atom. The zero-order chi connectivity index (χ0) is 10.7. The fourth-order valence-corrected chi connectivity index (χ4v) is 3.07. The summed E-state index contributed by atoms with van der Waals surface area (Å²) in [6.07, 6.45) is 0. The maximum Gasteiger partial charge on any atom is 0.0931 e. The minimum Gasteiger partial charge on any atom is -0.305 e. The molecule has 2 aromatic heterocycles. The molecule has 0 radical (unpaired) electrons. The Bertz CT molecular complexity index is 408. The third-order valence-electron chi connectivity index (χ3n) is 2.18. The number of rotatable bonds is 4. The first kappa shape index (κ1) is 11.1. The molecule has 0 saturated carbocycles. The molecule has 0 bridgehead atoms. The summed E-state index contributed by atoms with van der Waals surface area (Å²) >= 11 is 9.32. The van der Waals surface area contributed by atoms with Crippen LogP contribution in [-0.2, 0) is 6.54 Å². The van der Waals surface area contributed by atoms with Crippen LogP contribution in [0.3, 0.4) is 0 Å². The van der Waals surface area contributed by atoms with Crippen LogP contribution in [0, 0.1) is 0 Å². The van der Waals surface area contributed by atoms with Gasteiger partial charge in [0.2, 0.25) is 0 Å². The number of hydrogen-bond acceptors (Lipinski definition) is 3. The molecule has 80 valence electrons. The standard InChI is InChI=1S/C11H12ClNS2/c1-8(10-4-5-11(12)15-10)13-7-9-3-2-6-14-9/h2-6,8,13H,7H2,1H3. The van der Waals surface area contributed by atoms with Crippen molar-refractivity contribution in [1.82, 2.24) is 5.32 Å². The smallest absolute Gasteiger partial charge is 0.0931 e. The molecule has 0 amide bonds. The third kappa shape index (κ3) is 3.05. The second kappa shape index (κ2) is 5.12. The van der Waals surface area contributed by atoms with Gasteiger partial charge in [0, 0.05) is 22.3 Å². The molecule has 0 aromatic carbocycles. The van der Waals surface area contributed by atoms with Crippen LogP contribution in [-0.4, -0.2) is 0 Å². The molecular formula is C11H12ClNS2. The minimum atomic E-state index is 0.365. The summed E-state index contributed by atoms with van der Waals surface area (Å²) in [5, 5.41) is 5.58. The second-order valence-electron chi connectivity index (χ2n) is 3.32. The van der Waals surface area contributed by atoms with Crippen molar-refractivity contribution in [2.45, 2.75) is 19.5 Å². The van der Waals surface area contributed by atoms with E-state index in [2.05, 4.69) is 35.8 Å². The van der Waals surface area contributed by atoms with Crippen LogP contribution in [0.1, 0.15) is 22.7 Å². The normalized spacial score (nSPS) is 12.9. The Hall–Kier alpha value is -0.350. The van der Waals surface area contributed by atoms with Gasteiger partial charge in [-0.3, -0.25) is 0 Å². The van der Waals surface area contributed by atoms with Gasteiger partial charge in [0.1, 0.15) is 0 Å². The number of hydrogen-bond donors (Lipinski definition) is 1. The van der Waals surface area contributed by atoms with Gasteiger partial charge in [0.25, 0.3) is 0 Å². The molecular weight excluding hydrogens is 246 g/mol. The summed E-state index contributed by atoms with van der Waals surface area (Å²) in [6, 6.07) is 8.62. The van der Waals surface area contributed by atoms with Crippen LogP contribution >= 0.6 is 34.3 Å². The summed E-state index contributed by atoms with van der Waals surface area (Å²) < 4.78 is 0.856. The van der Waals surface area contributed by atoms with Crippen molar-refractivity contribution in [2.24, 2.45) is 0 Å². The monoisotopic (exact) mass is 257 g/mol. The molecule has 1 atom stereocenters. The van der Waals surface area contributed by atoms with Gasteiger partial charge in [-0.15, -0.1) is 22.7 Å². The largest absolute Gasteiger partial charge is 0.305 e. The summed E-state index contributed by atoms with van der Waals surface area (Å²) in [5.41, 5.74) is 0. The van der Waals surface area contributed by atoms with E-state index < -0.39 is 0 Å². The van der Waals surface area contributed by atoms with Crippen LogP contribution in [0.5, 0.6) is 0 Å². The molecule has 0 fully saturated rings. The molecule has 0 aliphatic carbocycles. The van der Waals surface area contributed by atoms with E-state index in [9.17, 15) is 0 Å². The van der Waals surface area contributed by atoms with Crippen molar-refractivity contribution < 1.29 is 0 Å². The van der Waals surface area contributed by atoms with Gasteiger partial charge in [-0.25, -0.2) is 0 Å². The second-order valence-corrected chi connectivity index (χ2v) is 6.10. The lowest BCUT2D eigenvalue weighted by Gasteiger charge is -2.10. The zero-order valence-corrected chi connectivity index (χ0v) is 10.8. The molecule has 0 aliphatic rings. The molecule has 2 rings (SSSR count). The number of nitrogens with one attached hydrogen (secondary N) is 1. The lowest BCUT2D eigenvalue weighted by atomic mass is 10.3. The number of halogens is 1. The van der Waals surface area contributed by atoms with Gasteiger partial charge in [0.15, 0.2) is 0 Å². The highest BCUT2D eigenvalue weighted by molar-refractivity contribution is 7.16. The van der Waals surface area contributed by atoms with Crippen molar-refractivity contribution in [3.05, 3.63) is 43.7 Å². The highest BCUT2D eigenvalue weighted by Gasteiger charge is 2.07. The van der Waals surface area contributed by atoms with Gasteiger partial charge < -0.3 is 5.32 Å². The topological polar surface area (TPSA) is 12.0 Å². The molecule has 1 N–H and O–H groups in total. The van der Waals surface area contributed by atoms with Gasteiger partial charge in [-0.05, 0) is 30.5 Å². The van der Waals surface area contributed by atoms with E-state index >= 15 is 0 Å². The van der Waals surface area contributed by atoms with Crippen molar-refractivity contribution in [1.29, 1.82) is 0 Å². The lowest BCUT2D eigenvalue weighted by Crippen LogP contribution is -2.16. The first-order chi connectivity index (χ1) is 7.25. The van der Waals surface area contributed by atoms with E-state index in [4.69, 9.17) is 11.6 Å². The van der Waals surface area contributed by atoms with Crippen molar-refractivity contribution in [2.75, 3.05) is 0 Å². The zero-order valence-electron chi connectivity index (χ0n) is 8.37. The van der Waals surface area contributed by atoms with E-state index in [0.29, 0.717) is 6.04 Å². The van der Waals surface area contributed by atoms with E-state index in [1.54, 1.807) is 22.7 Å². The quantitative estimate of drug-likeness (QED) is 0.861. The average Bonchev–Trinajstić information content (AvgIpc) is 2.84. The molecule has 0 aliphatic heterocycles. The summed E-state index contributed by atoms with van der Waals surface area (Å²) in [6.45, 7) is 3.09. The van der Waals surface area contributed by atoms with Crippen molar-refractivity contribution in [3.63, 3.8) is 0 Å². The highest BCUT2D eigenvalue weighted by Crippen LogP contribution is 2.26. The predicted molar refractivity (Wildman–Crippen MR) is 68.9 cm³/mol. The van der Waals surface area contributed by atoms with E-state index in [1.807, 2.05) is 6.07 Å². The Balaban J connectivity index is 1.90. The maximum atomic E-state index is 5.90. The predicted octanol–water partition coefficient (Wildman–Crippen LogP) is 4.31. The average molecular weight is 258 g/mol. The van der Waals surface area contributed by atoms with Crippen LogP contribution in [0.4, 0.5) is 0 Å². The van der Waals surface area contributed by atoms with Crippen molar-refractivity contribution >= 4 is 34.3 Å². The van der Waals surface area contributed by atoms with Gasteiger partial charge in [0.05, 0.1) is 4.34 Å². The van der Waals surface area contributed by atoms with E-state index in [0.717, 1.165) is 10.9 Å². The third-order valence-corrected chi connectivity index (χ3v) is 4.47. The van der Waals surface area contributed by atoms with E-state index in [1.165, 1.54) is 9.75 Å². The minimum absolute atomic E-state index is 0.365. The first-order valence-electron chi connectivity index (χ1n) is 4.76. The maximum absolute atomic E-state index is 5.90. The van der Waals surface area contributed by atoms with E-state index in [-0.39, 0.29) is 0 Å². The highest BCUT2D eigenvalue weighted by atomic mass is 35.5. The first-order valence-corrected chi connectivity index (χ1v) is 6.84. The fraction of sp³-hybridized carbons (Fsp3) is 0.273. The SMILES string of the molecule is CC(NCc1cccs1)c1ccc(Cl)s1. The summed E-state index contributed by atoms with van der Waals surface area (Å²) in [4.78, 5) is 2.65. The Kier molecular flexibility index (Phi) is 3.81. The van der Waals surface area contributed by atoms with Gasteiger partial charge >= 0.3 is 0 Å². The van der Waals surface area contributed by atoms with Crippen LogP contribution in [0.15, 0.2) is 29.6 Å². The van der Waals surface area contributed by atoms with Crippen molar-refractivity contribution in [3.8, 4) is 0 Å².